The smallest absolute Gasteiger partial charge is 0.270 e. The molecule has 0 aromatic heterocycles. The van der Waals surface area contributed by atoms with E-state index in [0.717, 1.165) is 25.9 Å². The molecule has 0 aromatic carbocycles. The van der Waals surface area contributed by atoms with Crippen LogP contribution in [0.2, 0.25) is 0 Å². The number of nitrogens with one attached hydrogen (secondary N) is 1. The summed E-state index contributed by atoms with van der Waals surface area (Å²) in [5.74, 6) is 0. The molecule has 1 N–H and O–H groups in total. The van der Waals surface area contributed by atoms with Gasteiger partial charge in [-0.3, -0.25) is 9.80 Å². The van der Waals surface area contributed by atoms with E-state index in [1.807, 2.05) is 0 Å². The Balaban J connectivity index is 2.22. The van der Waals surface area contributed by atoms with Gasteiger partial charge in [-0.25, -0.2) is 5.43 Å². The fourth-order valence-electron chi connectivity index (χ4n) is 0.766. The highest BCUT2D eigenvalue weighted by Crippen LogP contribution is 1.94. The summed E-state index contributed by atoms with van der Waals surface area (Å²) in [6.45, 7) is 1.72. The number of rotatable bonds is 1. The maximum absolute atomic E-state index is 9.90. The second-order valence-electron chi connectivity index (χ2n) is 1.86. The lowest BCUT2D eigenvalue weighted by Crippen LogP contribution is -2.41. The van der Waals surface area contributed by atoms with Crippen LogP contribution in [0.15, 0.2) is 0 Å². The molecule has 0 atom stereocenters. The molecule has 1 amide bonds. The first-order valence-electron chi connectivity index (χ1n) is 2.82. The molecule has 0 aromatic rings. The van der Waals surface area contributed by atoms with E-state index in [1.165, 1.54) is 5.01 Å². The summed E-state index contributed by atoms with van der Waals surface area (Å²) < 4.78 is 0. The molecule has 0 saturated carbocycles. The molecule has 45 valence electrons. The lowest BCUT2D eigenvalue weighted by molar-refractivity contribution is 0.244. The van der Waals surface area contributed by atoms with Crippen LogP contribution >= 0.6 is 0 Å². The Labute approximate surface area is 48.6 Å². The van der Waals surface area contributed by atoms with Gasteiger partial charge in [-0.05, 0) is 12.8 Å². The molecule has 1 fully saturated rings. The van der Waals surface area contributed by atoms with Gasteiger partial charge in [-0.2, -0.15) is 0 Å². The summed E-state index contributed by atoms with van der Waals surface area (Å²) >= 11 is 0. The Hall–Kier alpha value is -0.570. The normalized spacial score (nSPS) is 20.8. The first-order valence-corrected chi connectivity index (χ1v) is 2.82. The summed E-state index contributed by atoms with van der Waals surface area (Å²) in [6, 6.07) is 0. The fraction of sp³-hybridized carbons (Fsp3) is 0.800. The van der Waals surface area contributed by atoms with Crippen molar-refractivity contribution < 1.29 is 4.79 Å². The number of amides is 1. The van der Waals surface area contributed by atoms with Gasteiger partial charge in [0, 0.05) is 13.1 Å². The van der Waals surface area contributed by atoms with Crippen LogP contribution in [0.5, 0.6) is 0 Å². The van der Waals surface area contributed by atoms with Crippen LogP contribution < -0.4 is 5.43 Å². The standard InChI is InChI=1S/C5H9N2O/c8-5-7-4-2-1-3-6-7/h6H,1-4H2. The van der Waals surface area contributed by atoms with Crippen molar-refractivity contribution in [2.45, 2.75) is 12.8 Å². The highest BCUT2D eigenvalue weighted by molar-refractivity contribution is 5.47. The van der Waals surface area contributed by atoms with Gasteiger partial charge in [-0.15, -0.1) is 0 Å². The van der Waals surface area contributed by atoms with E-state index in [4.69, 9.17) is 0 Å². The lowest BCUT2D eigenvalue weighted by Gasteiger charge is -2.21. The van der Waals surface area contributed by atoms with Gasteiger partial charge >= 0.3 is 6.41 Å². The zero-order valence-electron chi connectivity index (χ0n) is 4.68. The fourth-order valence-corrected chi connectivity index (χ4v) is 0.766. The topological polar surface area (TPSA) is 32.3 Å². The van der Waals surface area contributed by atoms with Gasteiger partial charge in [0.2, 0.25) is 0 Å². The van der Waals surface area contributed by atoms with Gasteiger partial charge in [-0.1, -0.05) is 0 Å². The predicted molar refractivity (Wildman–Crippen MR) is 29.6 cm³/mol. The highest BCUT2D eigenvalue weighted by Gasteiger charge is 2.05. The quantitative estimate of drug-likeness (QED) is 0.504. The molecule has 1 aliphatic rings. The summed E-state index contributed by atoms with van der Waals surface area (Å²) in [4.78, 5) is 9.90. The largest absolute Gasteiger partial charge is 0.327 e. The van der Waals surface area contributed by atoms with Crippen LogP contribution in [0.25, 0.3) is 0 Å². The molecule has 8 heavy (non-hydrogen) atoms. The summed E-state index contributed by atoms with van der Waals surface area (Å²) in [5.41, 5.74) is 2.88. The van der Waals surface area contributed by atoms with Crippen molar-refractivity contribution in [3.8, 4) is 0 Å². The van der Waals surface area contributed by atoms with Gasteiger partial charge in [0.05, 0.1) is 0 Å². The molecule has 1 saturated heterocycles. The van der Waals surface area contributed by atoms with E-state index in [9.17, 15) is 4.79 Å². The minimum absolute atomic E-state index is 0.809. The Bertz CT molecular complexity index is 78.5. The monoisotopic (exact) mass is 113 g/mol. The molecule has 3 heteroatoms. The first kappa shape index (κ1) is 5.56. The van der Waals surface area contributed by atoms with Crippen molar-refractivity contribution in [3.63, 3.8) is 0 Å². The van der Waals surface area contributed by atoms with E-state index < -0.39 is 0 Å². The molecule has 0 unspecified atom stereocenters. The summed E-state index contributed by atoms with van der Waals surface area (Å²) in [5, 5.41) is 1.46. The molecule has 3 nitrogen and oxygen atoms in total. The summed E-state index contributed by atoms with van der Waals surface area (Å²) in [6.07, 6.45) is 4.04. The predicted octanol–water partition coefficient (Wildman–Crippen LogP) is -0.346. The van der Waals surface area contributed by atoms with Crippen molar-refractivity contribution in [1.82, 2.24) is 10.4 Å². The SMILES string of the molecule is O=[C]N1CCCCN1. The zero-order valence-corrected chi connectivity index (χ0v) is 4.68. The maximum atomic E-state index is 9.90. The third kappa shape index (κ3) is 1.20. The average Bonchev–Trinajstić information content (AvgIpc) is 1.90. The number of nitrogens with zero attached hydrogens (tertiary/aromatic N) is 1. The Morgan fingerprint density at radius 1 is 1.50 bits per heavy atom. The van der Waals surface area contributed by atoms with E-state index in [2.05, 4.69) is 5.43 Å². The van der Waals surface area contributed by atoms with Gasteiger partial charge in [0.25, 0.3) is 0 Å². The molecule has 1 radical (unpaired) electrons. The Morgan fingerprint density at radius 2 is 2.38 bits per heavy atom. The second-order valence-corrected chi connectivity index (χ2v) is 1.86. The van der Waals surface area contributed by atoms with Crippen molar-refractivity contribution in [2.75, 3.05) is 13.1 Å². The molecular weight excluding hydrogens is 104 g/mol. The van der Waals surface area contributed by atoms with Crippen LogP contribution in [0, 0.1) is 0 Å². The van der Waals surface area contributed by atoms with Crippen molar-refractivity contribution >= 4 is 6.41 Å². The van der Waals surface area contributed by atoms with Crippen LogP contribution in [-0.2, 0) is 4.79 Å². The maximum Gasteiger partial charge on any atom is 0.327 e. The van der Waals surface area contributed by atoms with Crippen molar-refractivity contribution in [2.24, 2.45) is 0 Å². The lowest BCUT2D eigenvalue weighted by atomic mass is 10.3. The molecule has 0 spiro atoms. The van der Waals surface area contributed by atoms with Crippen LogP contribution in [0.1, 0.15) is 12.8 Å². The van der Waals surface area contributed by atoms with Gasteiger partial charge in [0.1, 0.15) is 0 Å². The number of carbonyl (C=O) groups excluding carboxylic acids is 1. The minimum atomic E-state index is 0.809. The molecule has 1 heterocycles. The second kappa shape index (κ2) is 2.67. The van der Waals surface area contributed by atoms with Crippen LogP contribution in [0.4, 0.5) is 0 Å². The number of hydrazine groups is 1. The molecule has 1 aliphatic heterocycles. The third-order valence-electron chi connectivity index (χ3n) is 1.22. The highest BCUT2D eigenvalue weighted by atomic mass is 16.1. The van der Waals surface area contributed by atoms with Crippen molar-refractivity contribution in [3.05, 3.63) is 0 Å². The molecule has 0 bridgehead atoms. The number of hydrogen-bond donors (Lipinski definition) is 1. The molecule has 0 aliphatic carbocycles. The third-order valence-corrected chi connectivity index (χ3v) is 1.22. The minimum Gasteiger partial charge on any atom is -0.270 e. The van der Waals surface area contributed by atoms with Crippen molar-refractivity contribution in [1.29, 1.82) is 0 Å². The Morgan fingerprint density at radius 3 is 2.75 bits per heavy atom. The first-order chi connectivity index (χ1) is 3.93. The van der Waals surface area contributed by atoms with Crippen LogP contribution in [0.3, 0.4) is 0 Å². The average molecular weight is 113 g/mol. The van der Waals surface area contributed by atoms with Gasteiger partial charge in [0.15, 0.2) is 0 Å². The van der Waals surface area contributed by atoms with E-state index in [1.54, 1.807) is 6.41 Å². The van der Waals surface area contributed by atoms with Gasteiger partial charge < -0.3 is 0 Å². The molecule has 1 rings (SSSR count). The Kier molecular flexibility index (Phi) is 1.86. The van der Waals surface area contributed by atoms with E-state index in [0.29, 0.717) is 0 Å². The van der Waals surface area contributed by atoms with E-state index >= 15 is 0 Å². The molecular formula is C5H9N2O. The zero-order chi connectivity index (χ0) is 5.82. The number of hydrogen-bond acceptors (Lipinski definition) is 2. The summed E-state index contributed by atoms with van der Waals surface area (Å²) in [7, 11) is 0. The van der Waals surface area contributed by atoms with Crippen LogP contribution in [-0.4, -0.2) is 24.5 Å². The van der Waals surface area contributed by atoms with E-state index in [-0.39, 0.29) is 0 Å².